The number of anilines is 1. The number of aromatic carboxylic acids is 1. The van der Waals surface area contributed by atoms with Crippen LogP contribution in [0.4, 0.5) is 5.13 Å². The molecule has 0 aliphatic heterocycles. The standard InChI is InChI=1S/C13H11BrN2O4S/c1-7-6-21-13(15-7)16-11(17)5-20-10-3-2-8(14)4-9(10)12(18)19/h2-4,6H,5H2,1H3,(H,18,19)(H,15,16,17). The SMILES string of the molecule is Cc1csc(NC(=O)COc2ccc(Br)cc2C(=O)O)n1. The van der Waals surface area contributed by atoms with Crippen molar-refractivity contribution in [1.82, 2.24) is 4.98 Å². The molecule has 2 rings (SSSR count). The van der Waals surface area contributed by atoms with Crippen LogP contribution in [-0.2, 0) is 4.79 Å². The number of carboxylic acid groups (broad SMARTS) is 1. The molecular formula is C13H11BrN2O4S. The van der Waals surface area contributed by atoms with Crippen molar-refractivity contribution in [3.63, 3.8) is 0 Å². The molecule has 1 heterocycles. The average molecular weight is 371 g/mol. The Morgan fingerprint density at radius 2 is 2.24 bits per heavy atom. The van der Waals surface area contributed by atoms with E-state index in [0.29, 0.717) is 9.60 Å². The van der Waals surface area contributed by atoms with Gasteiger partial charge in [-0.2, -0.15) is 0 Å². The molecule has 2 N–H and O–H groups in total. The summed E-state index contributed by atoms with van der Waals surface area (Å²) in [7, 11) is 0. The monoisotopic (exact) mass is 370 g/mol. The smallest absolute Gasteiger partial charge is 0.339 e. The van der Waals surface area contributed by atoms with Crippen molar-refractivity contribution in [3.8, 4) is 5.75 Å². The number of ether oxygens (including phenoxy) is 1. The third kappa shape index (κ3) is 4.27. The highest BCUT2D eigenvalue weighted by atomic mass is 79.9. The number of hydrogen-bond acceptors (Lipinski definition) is 5. The molecule has 0 fully saturated rings. The lowest BCUT2D eigenvalue weighted by atomic mass is 10.2. The molecule has 0 aliphatic rings. The van der Waals surface area contributed by atoms with Gasteiger partial charge in [-0.15, -0.1) is 11.3 Å². The Morgan fingerprint density at radius 1 is 1.48 bits per heavy atom. The number of rotatable bonds is 5. The van der Waals surface area contributed by atoms with Crippen molar-refractivity contribution < 1.29 is 19.4 Å². The summed E-state index contributed by atoms with van der Waals surface area (Å²) >= 11 is 4.50. The van der Waals surface area contributed by atoms with Gasteiger partial charge in [0.1, 0.15) is 11.3 Å². The number of carbonyl (C=O) groups excluding carboxylic acids is 1. The van der Waals surface area contributed by atoms with E-state index < -0.39 is 11.9 Å². The van der Waals surface area contributed by atoms with Crippen LogP contribution >= 0.6 is 27.3 Å². The Bertz CT molecular complexity index is 687. The number of aryl methyl sites for hydroxylation is 1. The highest BCUT2D eigenvalue weighted by molar-refractivity contribution is 9.10. The Morgan fingerprint density at radius 3 is 2.86 bits per heavy atom. The summed E-state index contributed by atoms with van der Waals surface area (Å²) in [4.78, 5) is 26.9. The number of thiazole rings is 1. The number of nitrogens with one attached hydrogen (secondary N) is 1. The van der Waals surface area contributed by atoms with E-state index in [9.17, 15) is 9.59 Å². The molecule has 8 heteroatoms. The summed E-state index contributed by atoms with van der Waals surface area (Å²) in [5.41, 5.74) is 0.805. The maximum atomic E-state index is 11.7. The van der Waals surface area contributed by atoms with Crippen LogP contribution in [0.25, 0.3) is 0 Å². The highest BCUT2D eigenvalue weighted by Crippen LogP contribution is 2.23. The number of hydrogen-bond donors (Lipinski definition) is 2. The number of nitrogens with zero attached hydrogens (tertiary/aromatic N) is 1. The molecule has 2 aromatic rings. The predicted molar refractivity (Wildman–Crippen MR) is 82.1 cm³/mol. The van der Waals surface area contributed by atoms with Crippen LogP contribution in [0, 0.1) is 6.92 Å². The first-order valence-electron chi connectivity index (χ1n) is 5.83. The lowest BCUT2D eigenvalue weighted by Crippen LogP contribution is -2.20. The second kappa shape index (κ2) is 6.68. The molecule has 1 aromatic carbocycles. The topological polar surface area (TPSA) is 88.5 Å². The second-order valence-corrected chi connectivity index (χ2v) is 5.85. The van der Waals surface area contributed by atoms with Crippen LogP contribution in [0.3, 0.4) is 0 Å². The molecule has 0 saturated heterocycles. The number of halogens is 1. The molecule has 0 radical (unpaired) electrons. The van der Waals surface area contributed by atoms with Crippen molar-refractivity contribution in [2.45, 2.75) is 6.92 Å². The fraction of sp³-hybridized carbons (Fsp3) is 0.154. The molecule has 6 nitrogen and oxygen atoms in total. The van der Waals surface area contributed by atoms with E-state index in [4.69, 9.17) is 9.84 Å². The number of carboxylic acids is 1. The molecule has 0 atom stereocenters. The molecule has 110 valence electrons. The summed E-state index contributed by atoms with van der Waals surface area (Å²) in [5.74, 6) is -1.39. The van der Waals surface area contributed by atoms with E-state index in [1.807, 2.05) is 12.3 Å². The van der Waals surface area contributed by atoms with E-state index in [-0.39, 0.29) is 17.9 Å². The quantitative estimate of drug-likeness (QED) is 0.844. The van der Waals surface area contributed by atoms with Gasteiger partial charge in [0.15, 0.2) is 11.7 Å². The largest absolute Gasteiger partial charge is 0.483 e. The van der Waals surface area contributed by atoms with E-state index >= 15 is 0 Å². The predicted octanol–water partition coefficient (Wildman–Crippen LogP) is 2.93. The Labute approximate surface area is 132 Å². The zero-order chi connectivity index (χ0) is 15.4. The minimum absolute atomic E-state index is 0.0118. The van der Waals surface area contributed by atoms with Crippen molar-refractivity contribution in [2.24, 2.45) is 0 Å². The van der Waals surface area contributed by atoms with Crippen molar-refractivity contribution in [1.29, 1.82) is 0 Å². The van der Waals surface area contributed by atoms with Crippen molar-refractivity contribution in [2.75, 3.05) is 11.9 Å². The zero-order valence-electron chi connectivity index (χ0n) is 10.9. The molecular weight excluding hydrogens is 360 g/mol. The molecule has 1 amide bonds. The van der Waals surface area contributed by atoms with Crippen LogP contribution in [0.2, 0.25) is 0 Å². The van der Waals surface area contributed by atoms with E-state index in [1.165, 1.54) is 23.5 Å². The second-order valence-electron chi connectivity index (χ2n) is 4.08. The number of aromatic nitrogens is 1. The maximum absolute atomic E-state index is 11.7. The Kier molecular flexibility index (Phi) is 4.92. The van der Waals surface area contributed by atoms with Gasteiger partial charge in [0.05, 0.1) is 5.69 Å². The Balaban J connectivity index is 1.99. The van der Waals surface area contributed by atoms with Crippen LogP contribution in [-0.4, -0.2) is 28.6 Å². The summed E-state index contributed by atoms with van der Waals surface area (Å²) in [6, 6.07) is 4.55. The fourth-order valence-electron chi connectivity index (χ4n) is 1.51. The Hall–Kier alpha value is -1.93. The minimum atomic E-state index is -1.12. The molecule has 21 heavy (non-hydrogen) atoms. The van der Waals surface area contributed by atoms with Crippen LogP contribution < -0.4 is 10.1 Å². The first-order valence-corrected chi connectivity index (χ1v) is 7.50. The molecule has 0 saturated carbocycles. The van der Waals surface area contributed by atoms with Crippen LogP contribution in [0.1, 0.15) is 16.1 Å². The number of benzene rings is 1. The van der Waals surface area contributed by atoms with Crippen molar-refractivity contribution in [3.05, 3.63) is 39.3 Å². The van der Waals surface area contributed by atoms with Gasteiger partial charge in [-0.25, -0.2) is 9.78 Å². The third-order valence-corrected chi connectivity index (χ3v) is 3.76. The average Bonchev–Trinajstić information content (AvgIpc) is 2.82. The van der Waals surface area contributed by atoms with Crippen LogP contribution in [0.15, 0.2) is 28.1 Å². The molecule has 0 bridgehead atoms. The van der Waals surface area contributed by atoms with Gasteiger partial charge in [0, 0.05) is 9.85 Å². The summed E-state index contributed by atoms with van der Waals surface area (Å²) in [6.45, 7) is 1.53. The van der Waals surface area contributed by atoms with Gasteiger partial charge in [0.2, 0.25) is 0 Å². The summed E-state index contributed by atoms with van der Waals surface area (Å²) in [6.07, 6.45) is 0. The molecule has 0 spiro atoms. The van der Waals surface area contributed by atoms with E-state index in [2.05, 4.69) is 26.2 Å². The van der Waals surface area contributed by atoms with Gasteiger partial charge in [-0.05, 0) is 25.1 Å². The van der Waals surface area contributed by atoms with Gasteiger partial charge in [0.25, 0.3) is 5.91 Å². The van der Waals surface area contributed by atoms with Crippen molar-refractivity contribution >= 4 is 44.3 Å². The zero-order valence-corrected chi connectivity index (χ0v) is 13.3. The lowest BCUT2D eigenvalue weighted by molar-refractivity contribution is -0.118. The number of carbonyl (C=O) groups is 2. The molecule has 1 aromatic heterocycles. The van der Waals surface area contributed by atoms with Gasteiger partial charge in [-0.1, -0.05) is 15.9 Å². The van der Waals surface area contributed by atoms with Crippen LogP contribution in [0.5, 0.6) is 5.75 Å². The molecule has 0 aliphatic carbocycles. The lowest BCUT2D eigenvalue weighted by Gasteiger charge is -2.09. The van der Waals surface area contributed by atoms with Gasteiger partial charge < -0.3 is 9.84 Å². The highest BCUT2D eigenvalue weighted by Gasteiger charge is 2.13. The number of amides is 1. The molecule has 0 unspecified atom stereocenters. The normalized spacial score (nSPS) is 10.2. The van der Waals surface area contributed by atoms with Gasteiger partial charge in [-0.3, -0.25) is 10.1 Å². The fourth-order valence-corrected chi connectivity index (χ4v) is 2.57. The van der Waals surface area contributed by atoms with E-state index in [0.717, 1.165) is 5.69 Å². The summed E-state index contributed by atoms with van der Waals surface area (Å²) < 4.78 is 5.88. The first-order chi connectivity index (χ1) is 9.95. The maximum Gasteiger partial charge on any atom is 0.339 e. The third-order valence-electron chi connectivity index (χ3n) is 2.40. The summed E-state index contributed by atoms with van der Waals surface area (Å²) in [5, 5.41) is 14.0. The first kappa shape index (κ1) is 15.5. The van der Waals surface area contributed by atoms with E-state index in [1.54, 1.807) is 6.07 Å². The minimum Gasteiger partial charge on any atom is -0.483 e. The van der Waals surface area contributed by atoms with Gasteiger partial charge >= 0.3 is 5.97 Å².